The van der Waals surface area contributed by atoms with Crippen molar-refractivity contribution in [3.8, 4) is 11.5 Å². The van der Waals surface area contributed by atoms with Crippen LogP contribution in [0.5, 0.6) is 11.5 Å². The lowest BCUT2D eigenvalue weighted by molar-refractivity contribution is -0.0236. The average Bonchev–Trinajstić information content (AvgIpc) is 2.93. The van der Waals surface area contributed by atoms with Crippen molar-refractivity contribution in [2.45, 2.75) is 45.8 Å². The van der Waals surface area contributed by atoms with E-state index in [0.29, 0.717) is 30.1 Å². The Morgan fingerprint density at radius 1 is 1.42 bits per heavy atom. The molecule has 0 bridgehead atoms. The Hall–Kier alpha value is -2.27. The van der Waals surface area contributed by atoms with Gasteiger partial charge in [0.2, 0.25) is 0 Å². The van der Waals surface area contributed by atoms with Gasteiger partial charge in [0.25, 0.3) is 0 Å². The number of allylic oxidation sites excluding steroid dienone is 1. The third kappa shape index (κ3) is 3.17. The van der Waals surface area contributed by atoms with Crippen LogP contribution in [-0.2, 0) is 6.42 Å². The molecule has 3 rings (SSSR count). The summed E-state index contributed by atoms with van der Waals surface area (Å²) in [6.07, 6.45) is 2.01. The number of aliphatic hydroxyl groups is 1. The standard InChI is InChI=1S/C19H22O5/c1-11(2)7-8-22-14-9-12-5-6-16(20)24-17(12)13-10-15(19(3,4)21)23-18(13)14/h5-7,9,15,21H,8,10H2,1-4H3. The molecule has 0 amide bonds. The number of hydrogen-bond acceptors (Lipinski definition) is 5. The number of fused-ring (bicyclic) bond motifs is 3. The molecular formula is C19H22O5. The van der Waals surface area contributed by atoms with Crippen molar-refractivity contribution in [3.05, 3.63) is 45.8 Å². The van der Waals surface area contributed by atoms with E-state index in [1.54, 1.807) is 19.9 Å². The molecule has 2 heterocycles. The molecule has 5 nitrogen and oxygen atoms in total. The van der Waals surface area contributed by atoms with Gasteiger partial charge < -0.3 is 19.0 Å². The van der Waals surface area contributed by atoms with Gasteiger partial charge >= 0.3 is 5.63 Å². The molecule has 0 saturated carbocycles. The second-order valence-corrected chi connectivity index (χ2v) is 6.91. The molecule has 1 aromatic heterocycles. The van der Waals surface area contributed by atoms with Crippen molar-refractivity contribution in [1.82, 2.24) is 0 Å². The highest BCUT2D eigenvalue weighted by Gasteiger charge is 2.38. The Morgan fingerprint density at radius 3 is 2.83 bits per heavy atom. The first kappa shape index (κ1) is 16.6. The SMILES string of the molecule is CC(C)=CCOc1cc2ccc(=O)oc2c2c1OC(C(C)(C)O)C2. The number of ether oxygens (including phenoxy) is 2. The number of rotatable bonds is 4. The fraction of sp³-hybridized carbons (Fsp3) is 0.421. The summed E-state index contributed by atoms with van der Waals surface area (Å²) >= 11 is 0. The Labute approximate surface area is 140 Å². The smallest absolute Gasteiger partial charge is 0.336 e. The van der Waals surface area contributed by atoms with Crippen molar-refractivity contribution in [1.29, 1.82) is 0 Å². The van der Waals surface area contributed by atoms with Crippen LogP contribution in [0.3, 0.4) is 0 Å². The Balaban J connectivity index is 2.09. The first-order valence-electron chi connectivity index (χ1n) is 8.00. The minimum atomic E-state index is -1.02. The van der Waals surface area contributed by atoms with Gasteiger partial charge in [0.15, 0.2) is 11.5 Å². The Kier molecular flexibility index (Phi) is 4.13. The molecule has 2 aromatic rings. The molecule has 1 N–H and O–H groups in total. The molecule has 1 aromatic carbocycles. The highest BCUT2D eigenvalue weighted by Crippen LogP contribution is 2.44. The van der Waals surface area contributed by atoms with Crippen LogP contribution < -0.4 is 15.1 Å². The van der Waals surface area contributed by atoms with Crippen molar-refractivity contribution < 1.29 is 19.0 Å². The van der Waals surface area contributed by atoms with Gasteiger partial charge in [0.1, 0.15) is 18.3 Å². The van der Waals surface area contributed by atoms with Gasteiger partial charge in [-0.1, -0.05) is 5.57 Å². The second-order valence-electron chi connectivity index (χ2n) is 6.91. The summed E-state index contributed by atoms with van der Waals surface area (Å²) in [6.45, 7) is 7.83. The molecule has 1 unspecified atom stereocenters. The van der Waals surface area contributed by atoms with Gasteiger partial charge in [0, 0.05) is 23.4 Å². The van der Waals surface area contributed by atoms with E-state index in [-0.39, 0.29) is 0 Å². The summed E-state index contributed by atoms with van der Waals surface area (Å²) in [5, 5.41) is 11.1. The third-order valence-electron chi connectivity index (χ3n) is 4.09. The van der Waals surface area contributed by atoms with Gasteiger partial charge in [0.05, 0.1) is 5.60 Å². The van der Waals surface area contributed by atoms with Crippen LogP contribution in [0, 0.1) is 0 Å². The molecule has 5 heteroatoms. The maximum Gasteiger partial charge on any atom is 0.336 e. The van der Waals surface area contributed by atoms with Crippen LogP contribution in [-0.4, -0.2) is 23.4 Å². The van der Waals surface area contributed by atoms with E-state index in [1.807, 2.05) is 26.0 Å². The first-order valence-corrected chi connectivity index (χ1v) is 8.00. The fourth-order valence-electron chi connectivity index (χ4n) is 2.72. The predicted molar refractivity (Wildman–Crippen MR) is 91.8 cm³/mol. The van der Waals surface area contributed by atoms with Crippen molar-refractivity contribution in [2.75, 3.05) is 6.61 Å². The molecule has 1 aliphatic heterocycles. The van der Waals surface area contributed by atoms with Gasteiger partial charge in [-0.15, -0.1) is 0 Å². The quantitative estimate of drug-likeness (QED) is 0.688. The third-order valence-corrected chi connectivity index (χ3v) is 4.09. The van der Waals surface area contributed by atoms with Crippen LogP contribution in [0.4, 0.5) is 0 Å². The topological polar surface area (TPSA) is 68.9 Å². The molecule has 24 heavy (non-hydrogen) atoms. The molecule has 128 valence electrons. The summed E-state index contributed by atoms with van der Waals surface area (Å²) in [4.78, 5) is 11.6. The second kappa shape index (κ2) is 5.98. The van der Waals surface area contributed by atoms with E-state index in [2.05, 4.69) is 0 Å². The Morgan fingerprint density at radius 2 is 2.17 bits per heavy atom. The van der Waals surface area contributed by atoms with E-state index in [4.69, 9.17) is 13.9 Å². The molecule has 0 radical (unpaired) electrons. The zero-order chi connectivity index (χ0) is 17.5. The average molecular weight is 330 g/mol. The summed E-state index contributed by atoms with van der Waals surface area (Å²) in [5.74, 6) is 1.14. The van der Waals surface area contributed by atoms with E-state index < -0.39 is 17.3 Å². The number of benzene rings is 1. The van der Waals surface area contributed by atoms with E-state index in [0.717, 1.165) is 16.5 Å². The lowest BCUT2D eigenvalue weighted by Crippen LogP contribution is -2.39. The van der Waals surface area contributed by atoms with Crippen molar-refractivity contribution in [2.24, 2.45) is 0 Å². The largest absolute Gasteiger partial charge is 0.486 e. The molecule has 0 saturated heterocycles. The lowest BCUT2D eigenvalue weighted by Gasteiger charge is -2.24. The van der Waals surface area contributed by atoms with E-state index >= 15 is 0 Å². The first-order chi connectivity index (χ1) is 11.3. The van der Waals surface area contributed by atoms with Crippen molar-refractivity contribution >= 4 is 11.0 Å². The lowest BCUT2D eigenvalue weighted by atomic mass is 9.96. The highest BCUT2D eigenvalue weighted by atomic mass is 16.5. The number of hydrogen-bond donors (Lipinski definition) is 1. The Bertz CT molecular complexity index is 850. The van der Waals surface area contributed by atoms with Gasteiger partial charge in [-0.2, -0.15) is 0 Å². The van der Waals surface area contributed by atoms with Gasteiger partial charge in [-0.3, -0.25) is 0 Å². The zero-order valence-corrected chi connectivity index (χ0v) is 14.4. The normalized spacial score (nSPS) is 16.6. The van der Waals surface area contributed by atoms with Crippen molar-refractivity contribution in [3.63, 3.8) is 0 Å². The van der Waals surface area contributed by atoms with Crippen LogP contribution in [0.15, 0.2) is 39.1 Å². The highest BCUT2D eigenvalue weighted by molar-refractivity contribution is 5.85. The molecule has 0 fully saturated rings. The van der Waals surface area contributed by atoms with Crippen LogP contribution in [0.2, 0.25) is 0 Å². The molecule has 0 aliphatic carbocycles. The molecule has 1 atom stereocenters. The fourth-order valence-corrected chi connectivity index (χ4v) is 2.72. The van der Waals surface area contributed by atoms with Gasteiger partial charge in [-0.25, -0.2) is 4.79 Å². The van der Waals surface area contributed by atoms with Crippen LogP contribution in [0.25, 0.3) is 11.0 Å². The maximum atomic E-state index is 11.6. The summed E-state index contributed by atoms with van der Waals surface area (Å²) < 4.78 is 17.2. The summed E-state index contributed by atoms with van der Waals surface area (Å²) in [6, 6.07) is 4.91. The monoisotopic (exact) mass is 330 g/mol. The summed E-state index contributed by atoms with van der Waals surface area (Å²) in [5.41, 5.74) is 1.00. The van der Waals surface area contributed by atoms with Gasteiger partial charge in [-0.05, 0) is 45.9 Å². The van der Waals surface area contributed by atoms with E-state index in [9.17, 15) is 9.90 Å². The molecular weight excluding hydrogens is 308 g/mol. The maximum absolute atomic E-state index is 11.6. The minimum absolute atomic E-state index is 0.408. The molecule has 0 spiro atoms. The summed E-state index contributed by atoms with van der Waals surface area (Å²) in [7, 11) is 0. The van der Waals surface area contributed by atoms with Crippen LogP contribution in [0.1, 0.15) is 33.3 Å². The molecule has 1 aliphatic rings. The van der Waals surface area contributed by atoms with E-state index in [1.165, 1.54) is 6.07 Å². The predicted octanol–water partition coefficient (Wildman–Crippen LogP) is 3.21. The zero-order valence-electron chi connectivity index (χ0n) is 14.4. The van der Waals surface area contributed by atoms with Crippen LogP contribution >= 0.6 is 0 Å². The minimum Gasteiger partial charge on any atom is -0.486 e.